The summed E-state index contributed by atoms with van der Waals surface area (Å²) >= 11 is 0. The summed E-state index contributed by atoms with van der Waals surface area (Å²) in [5.41, 5.74) is -0.0874. The SMILES string of the molecule is CN(C(=O)NCc1nc(C(C)(C)C)n[nH]1)C1CCCCCC1. The van der Waals surface area contributed by atoms with Gasteiger partial charge in [0.25, 0.3) is 0 Å². The first-order valence-corrected chi connectivity index (χ1v) is 8.30. The van der Waals surface area contributed by atoms with Gasteiger partial charge in [-0.25, -0.2) is 9.78 Å². The molecular formula is C16H29N5O. The monoisotopic (exact) mass is 307 g/mol. The standard InChI is InChI=1S/C16H29N5O/c1-16(2,3)14-18-13(19-20-14)11-17-15(22)21(4)12-9-7-5-6-8-10-12/h12H,5-11H2,1-4H3,(H,17,22)(H,18,19,20). The molecule has 6 heteroatoms. The van der Waals surface area contributed by atoms with Gasteiger partial charge in [0.1, 0.15) is 5.82 Å². The van der Waals surface area contributed by atoms with Crippen LogP contribution in [0, 0.1) is 0 Å². The van der Waals surface area contributed by atoms with Crippen molar-refractivity contribution < 1.29 is 4.79 Å². The van der Waals surface area contributed by atoms with E-state index in [2.05, 4.69) is 41.3 Å². The Balaban J connectivity index is 1.85. The summed E-state index contributed by atoms with van der Waals surface area (Å²) in [6.07, 6.45) is 7.25. The Bertz CT molecular complexity index is 483. The number of nitrogens with zero attached hydrogens (tertiary/aromatic N) is 3. The highest BCUT2D eigenvalue weighted by atomic mass is 16.2. The maximum Gasteiger partial charge on any atom is 0.317 e. The van der Waals surface area contributed by atoms with Gasteiger partial charge in [-0.15, -0.1) is 0 Å². The first kappa shape index (κ1) is 16.8. The lowest BCUT2D eigenvalue weighted by molar-refractivity contribution is 0.183. The molecule has 2 amide bonds. The van der Waals surface area contributed by atoms with Crippen LogP contribution in [0.25, 0.3) is 0 Å². The Morgan fingerprint density at radius 2 is 1.91 bits per heavy atom. The van der Waals surface area contributed by atoms with E-state index < -0.39 is 0 Å². The molecular weight excluding hydrogens is 278 g/mol. The molecule has 22 heavy (non-hydrogen) atoms. The predicted molar refractivity (Wildman–Crippen MR) is 86.6 cm³/mol. The lowest BCUT2D eigenvalue weighted by Crippen LogP contribution is -2.43. The van der Waals surface area contributed by atoms with E-state index in [4.69, 9.17) is 0 Å². The second-order valence-electron chi connectivity index (χ2n) is 7.27. The van der Waals surface area contributed by atoms with Crippen molar-refractivity contribution in [3.8, 4) is 0 Å². The highest BCUT2D eigenvalue weighted by molar-refractivity contribution is 5.74. The molecule has 0 saturated heterocycles. The van der Waals surface area contributed by atoms with Gasteiger partial charge >= 0.3 is 6.03 Å². The Labute approximate surface area is 133 Å². The normalized spacial score (nSPS) is 17.1. The number of nitrogens with one attached hydrogen (secondary N) is 2. The summed E-state index contributed by atoms with van der Waals surface area (Å²) < 4.78 is 0. The van der Waals surface area contributed by atoms with Crippen molar-refractivity contribution in [3.05, 3.63) is 11.6 Å². The molecule has 0 atom stereocenters. The second kappa shape index (κ2) is 7.11. The molecule has 1 heterocycles. The minimum Gasteiger partial charge on any atom is -0.331 e. The van der Waals surface area contributed by atoms with E-state index in [1.54, 1.807) is 0 Å². The van der Waals surface area contributed by atoms with E-state index in [-0.39, 0.29) is 11.4 Å². The molecule has 0 bridgehead atoms. The zero-order valence-electron chi connectivity index (χ0n) is 14.3. The maximum atomic E-state index is 12.3. The van der Waals surface area contributed by atoms with Crippen LogP contribution in [0.15, 0.2) is 0 Å². The van der Waals surface area contributed by atoms with Crippen molar-refractivity contribution in [2.75, 3.05) is 7.05 Å². The van der Waals surface area contributed by atoms with E-state index in [1.807, 2.05) is 11.9 Å². The zero-order chi connectivity index (χ0) is 16.2. The molecule has 0 spiro atoms. The third kappa shape index (κ3) is 4.45. The Hall–Kier alpha value is -1.59. The molecule has 1 saturated carbocycles. The number of amides is 2. The molecule has 2 N–H and O–H groups in total. The number of hydrogen-bond donors (Lipinski definition) is 2. The number of carbonyl (C=O) groups is 1. The van der Waals surface area contributed by atoms with Gasteiger partial charge in [0.15, 0.2) is 5.82 Å². The quantitative estimate of drug-likeness (QED) is 0.843. The van der Waals surface area contributed by atoms with Crippen LogP contribution in [0.2, 0.25) is 0 Å². The summed E-state index contributed by atoms with van der Waals surface area (Å²) in [5, 5.41) is 10.0. The molecule has 0 aliphatic heterocycles. The van der Waals surface area contributed by atoms with Gasteiger partial charge in [-0.05, 0) is 12.8 Å². The summed E-state index contributed by atoms with van der Waals surface area (Å²) in [6, 6.07) is 0.336. The van der Waals surface area contributed by atoms with Crippen molar-refractivity contribution in [1.82, 2.24) is 25.4 Å². The zero-order valence-corrected chi connectivity index (χ0v) is 14.3. The van der Waals surface area contributed by atoms with E-state index in [0.29, 0.717) is 18.4 Å². The summed E-state index contributed by atoms with van der Waals surface area (Å²) in [5.74, 6) is 1.47. The number of H-pyrrole nitrogens is 1. The summed E-state index contributed by atoms with van der Waals surface area (Å²) in [4.78, 5) is 18.6. The van der Waals surface area contributed by atoms with Gasteiger partial charge in [-0.3, -0.25) is 5.10 Å². The Morgan fingerprint density at radius 3 is 2.45 bits per heavy atom. The first-order valence-electron chi connectivity index (χ1n) is 8.30. The van der Waals surface area contributed by atoms with Gasteiger partial charge in [0.2, 0.25) is 0 Å². The van der Waals surface area contributed by atoms with Crippen LogP contribution in [0.1, 0.15) is 70.9 Å². The Kier molecular flexibility index (Phi) is 5.42. The molecule has 1 aromatic rings. The van der Waals surface area contributed by atoms with Crippen LogP contribution in [0.3, 0.4) is 0 Å². The number of hydrogen-bond acceptors (Lipinski definition) is 3. The van der Waals surface area contributed by atoms with Crippen LogP contribution in [0.5, 0.6) is 0 Å². The maximum absolute atomic E-state index is 12.3. The minimum atomic E-state index is -0.0874. The Morgan fingerprint density at radius 1 is 1.27 bits per heavy atom. The molecule has 0 radical (unpaired) electrons. The predicted octanol–water partition coefficient (Wildman–Crippen LogP) is 2.97. The summed E-state index contributed by atoms with van der Waals surface area (Å²) in [7, 11) is 1.90. The molecule has 2 rings (SSSR count). The number of rotatable bonds is 3. The molecule has 6 nitrogen and oxygen atoms in total. The summed E-state index contributed by atoms with van der Waals surface area (Å²) in [6.45, 7) is 6.59. The average Bonchev–Trinajstić information content (AvgIpc) is 2.79. The van der Waals surface area contributed by atoms with Crippen molar-refractivity contribution >= 4 is 6.03 Å². The second-order valence-corrected chi connectivity index (χ2v) is 7.27. The van der Waals surface area contributed by atoms with Crippen LogP contribution < -0.4 is 5.32 Å². The van der Waals surface area contributed by atoms with Crippen molar-refractivity contribution in [2.24, 2.45) is 0 Å². The van der Waals surface area contributed by atoms with Gasteiger partial charge < -0.3 is 10.2 Å². The number of aromatic amines is 1. The van der Waals surface area contributed by atoms with Crippen molar-refractivity contribution in [3.63, 3.8) is 0 Å². The highest BCUT2D eigenvalue weighted by Gasteiger charge is 2.22. The van der Waals surface area contributed by atoms with Crippen LogP contribution >= 0.6 is 0 Å². The topological polar surface area (TPSA) is 73.9 Å². The molecule has 0 aromatic carbocycles. The van der Waals surface area contributed by atoms with Gasteiger partial charge in [-0.1, -0.05) is 46.5 Å². The smallest absolute Gasteiger partial charge is 0.317 e. The van der Waals surface area contributed by atoms with Crippen LogP contribution in [-0.4, -0.2) is 39.2 Å². The molecule has 0 unspecified atom stereocenters. The lowest BCUT2D eigenvalue weighted by atomic mass is 9.96. The van der Waals surface area contributed by atoms with E-state index in [1.165, 1.54) is 25.7 Å². The number of aromatic nitrogens is 3. The molecule has 1 aliphatic carbocycles. The van der Waals surface area contributed by atoms with E-state index in [0.717, 1.165) is 18.7 Å². The fraction of sp³-hybridized carbons (Fsp3) is 0.812. The third-order valence-electron chi connectivity index (χ3n) is 4.30. The first-order chi connectivity index (χ1) is 10.4. The molecule has 1 fully saturated rings. The molecule has 124 valence electrons. The average molecular weight is 307 g/mol. The van der Waals surface area contributed by atoms with Crippen LogP contribution in [-0.2, 0) is 12.0 Å². The van der Waals surface area contributed by atoms with Gasteiger partial charge in [0, 0.05) is 18.5 Å². The lowest BCUT2D eigenvalue weighted by Gasteiger charge is -2.27. The fourth-order valence-electron chi connectivity index (χ4n) is 2.80. The van der Waals surface area contributed by atoms with Crippen molar-refractivity contribution in [2.45, 2.75) is 77.3 Å². The minimum absolute atomic E-state index is 0.0272. The van der Waals surface area contributed by atoms with Crippen LogP contribution in [0.4, 0.5) is 4.79 Å². The third-order valence-corrected chi connectivity index (χ3v) is 4.30. The van der Waals surface area contributed by atoms with Crippen molar-refractivity contribution in [1.29, 1.82) is 0 Å². The van der Waals surface area contributed by atoms with Gasteiger partial charge in [-0.2, -0.15) is 5.10 Å². The number of urea groups is 1. The fourth-order valence-corrected chi connectivity index (χ4v) is 2.80. The van der Waals surface area contributed by atoms with Gasteiger partial charge in [0.05, 0.1) is 6.54 Å². The number of carbonyl (C=O) groups excluding carboxylic acids is 1. The molecule has 1 aromatic heterocycles. The van der Waals surface area contributed by atoms with E-state index >= 15 is 0 Å². The highest BCUT2D eigenvalue weighted by Crippen LogP contribution is 2.21. The van der Waals surface area contributed by atoms with E-state index in [9.17, 15) is 4.79 Å². The molecule has 1 aliphatic rings. The largest absolute Gasteiger partial charge is 0.331 e.